The Hall–Kier alpha value is -3.24. The summed E-state index contributed by atoms with van der Waals surface area (Å²) in [5.74, 6) is 0.740. The van der Waals surface area contributed by atoms with Crippen molar-refractivity contribution in [1.82, 2.24) is 19.7 Å². The van der Waals surface area contributed by atoms with Crippen LogP contribution < -0.4 is 5.32 Å². The predicted molar refractivity (Wildman–Crippen MR) is 111 cm³/mol. The van der Waals surface area contributed by atoms with Crippen molar-refractivity contribution < 1.29 is 4.79 Å². The molecule has 1 N–H and O–H groups in total. The molecule has 1 aromatic carbocycles. The van der Waals surface area contributed by atoms with Gasteiger partial charge in [0.15, 0.2) is 0 Å². The number of nitriles is 1. The van der Waals surface area contributed by atoms with E-state index in [-0.39, 0.29) is 5.91 Å². The highest BCUT2D eigenvalue weighted by atomic mass is 16.2. The first-order chi connectivity index (χ1) is 14.0. The molecule has 1 aliphatic rings. The molecule has 7 nitrogen and oxygen atoms in total. The molecule has 3 aromatic rings. The topological polar surface area (TPSA) is 86.8 Å². The molecule has 3 heterocycles. The van der Waals surface area contributed by atoms with Crippen LogP contribution in [0.4, 0.5) is 5.69 Å². The van der Waals surface area contributed by atoms with Gasteiger partial charge in [-0.3, -0.25) is 19.4 Å². The number of fused-ring (bicyclic) bond motifs is 1. The number of nitrogens with one attached hydrogen (secondary N) is 1. The van der Waals surface area contributed by atoms with E-state index >= 15 is 0 Å². The Balaban J connectivity index is 1.53. The van der Waals surface area contributed by atoms with Crippen molar-refractivity contribution in [2.75, 3.05) is 25.0 Å². The summed E-state index contributed by atoms with van der Waals surface area (Å²) >= 11 is 0. The largest absolute Gasteiger partial charge is 0.322 e. The maximum absolute atomic E-state index is 12.5. The Morgan fingerprint density at radius 1 is 1.34 bits per heavy atom. The summed E-state index contributed by atoms with van der Waals surface area (Å²) in [7, 11) is 1.82. The van der Waals surface area contributed by atoms with Crippen LogP contribution in [0.1, 0.15) is 30.4 Å². The van der Waals surface area contributed by atoms with Gasteiger partial charge >= 0.3 is 0 Å². The zero-order chi connectivity index (χ0) is 20.4. The number of likely N-dealkylation sites (tertiary alicyclic amines) is 1. The molecular formula is C22H24N6O. The summed E-state index contributed by atoms with van der Waals surface area (Å²) in [6, 6.07) is 10.1. The van der Waals surface area contributed by atoms with E-state index < -0.39 is 0 Å². The number of carbonyl (C=O) groups is 1. The van der Waals surface area contributed by atoms with Crippen LogP contribution in [-0.2, 0) is 11.8 Å². The summed E-state index contributed by atoms with van der Waals surface area (Å²) in [6.07, 6.45) is 6.22. The summed E-state index contributed by atoms with van der Waals surface area (Å²) in [6.45, 7) is 4.27. The number of rotatable bonds is 4. The monoisotopic (exact) mass is 388 g/mol. The number of aryl methyl sites for hydroxylation is 1. The molecule has 0 radical (unpaired) electrons. The normalized spacial score (nSPS) is 19.8. The van der Waals surface area contributed by atoms with Gasteiger partial charge in [-0.05, 0) is 36.0 Å². The first-order valence-corrected chi connectivity index (χ1v) is 9.82. The van der Waals surface area contributed by atoms with E-state index in [4.69, 9.17) is 0 Å². The summed E-state index contributed by atoms with van der Waals surface area (Å²) < 4.78 is 1.67. The SMILES string of the molecule is CC1C[C@@H](c2ccc(C#N)c3ncccc23)CN(CC(=O)Nc2cnn(C)c2)C1. The standard InChI is InChI=1S/C22H24N6O/c1-15-8-17(19-6-5-16(9-23)22-20(19)4-3-7-24-22)12-28(11-15)14-21(29)26-18-10-25-27(2)13-18/h3-7,10,13,15,17H,8,11-12,14H2,1-2H3,(H,26,29)/t15?,17-/m1/s1. The minimum atomic E-state index is -0.0304. The lowest BCUT2D eigenvalue weighted by Gasteiger charge is -2.36. The van der Waals surface area contributed by atoms with Gasteiger partial charge in [0.25, 0.3) is 0 Å². The predicted octanol–water partition coefficient (Wildman–Crippen LogP) is 2.90. The first-order valence-electron chi connectivity index (χ1n) is 9.82. The number of anilines is 1. The minimum absolute atomic E-state index is 0.0304. The molecule has 4 rings (SSSR count). The fraction of sp³-hybridized carbons (Fsp3) is 0.364. The quantitative estimate of drug-likeness (QED) is 0.743. The van der Waals surface area contributed by atoms with Gasteiger partial charge in [0.2, 0.25) is 5.91 Å². The van der Waals surface area contributed by atoms with Crippen molar-refractivity contribution in [3.63, 3.8) is 0 Å². The Labute approximate surface area is 170 Å². The van der Waals surface area contributed by atoms with Crippen LogP contribution in [0.2, 0.25) is 0 Å². The van der Waals surface area contributed by atoms with Crippen LogP contribution in [0.3, 0.4) is 0 Å². The second-order valence-corrected chi connectivity index (χ2v) is 7.90. The summed E-state index contributed by atoms with van der Waals surface area (Å²) in [5, 5.41) is 17.4. The Bertz CT molecular complexity index is 1080. The third-order valence-corrected chi connectivity index (χ3v) is 5.45. The summed E-state index contributed by atoms with van der Waals surface area (Å²) in [5.41, 5.74) is 3.27. The lowest BCUT2D eigenvalue weighted by atomic mass is 9.83. The molecule has 2 atom stereocenters. The van der Waals surface area contributed by atoms with E-state index in [1.807, 2.05) is 25.2 Å². The lowest BCUT2D eigenvalue weighted by molar-refractivity contribution is -0.117. The molecule has 1 unspecified atom stereocenters. The van der Waals surface area contributed by atoms with Gasteiger partial charge in [-0.2, -0.15) is 10.4 Å². The van der Waals surface area contributed by atoms with Crippen LogP contribution in [0.25, 0.3) is 10.9 Å². The second-order valence-electron chi connectivity index (χ2n) is 7.90. The second kappa shape index (κ2) is 8.02. The number of amides is 1. The molecular weight excluding hydrogens is 364 g/mol. The third-order valence-electron chi connectivity index (χ3n) is 5.45. The fourth-order valence-corrected chi connectivity index (χ4v) is 4.35. The number of nitrogens with zero attached hydrogens (tertiary/aromatic N) is 5. The molecule has 1 amide bonds. The van der Waals surface area contributed by atoms with E-state index in [0.717, 1.165) is 30.4 Å². The number of piperidine rings is 1. The number of pyridine rings is 1. The number of aromatic nitrogens is 3. The van der Waals surface area contributed by atoms with Crippen molar-refractivity contribution in [3.05, 3.63) is 54.0 Å². The van der Waals surface area contributed by atoms with Crippen molar-refractivity contribution in [1.29, 1.82) is 5.26 Å². The van der Waals surface area contributed by atoms with Gasteiger partial charge < -0.3 is 5.32 Å². The lowest BCUT2D eigenvalue weighted by Crippen LogP contribution is -2.42. The summed E-state index contributed by atoms with van der Waals surface area (Å²) in [4.78, 5) is 19.1. The van der Waals surface area contributed by atoms with Gasteiger partial charge in [0.1, 0.15) is 6.07 Å². The smallest absolute Gasteiger partial charge is 0.238 e. The van der Waals surface area contributed by atoms with Crippen LogP contribution in [-0.4, -0.2) is 45.2 Å². The van der Waals surface area contributed by atoms with Crippen LogP contribution in [0.15, 0.2) is 42.9 Å². The Morgan fingerprint density at radius 2 is 2.21 bits per heavy atom. The minimum Gasteiger partial charge on any atom is -0.322 e. The van der Waals surface area contributed by atoms with E-state index in [1.54, 1.807) is 23.3 Å². The molecule has 1 aliphatic heterocycles. The molecule has 148 valence electrons. The fourth-order valence-electron chi connectivity index (χ4n) is 4.35. The molecule has 0 aliphatic carbocycles. The van der Waals surface area contributed by atoms with E-state index in [9.17, 15) is 10.1 Å². The molecule has 0 spiro atoms. The highest BCUT2D eigenvalue weighted by Crippen LogP contribution is 2.34. The average Bonchev–Trinajstić information content (AvgIpc) is 3.11. The third kappa shape index (κ3) is 4.13. The highest BCUT2D eigenvalue weighted by Gasteiger charge is 2.28. The van der Waals surface area contributed by atoms with E-state index in [0.29, 0.717) is 29.6 Å². The van der Waals surface area contributed by atoms with Crippen LogP contribution in [0, 0.1) is 17.2 Å². The maximum atomic E-state index is 12.5. The molecule has 1 fully saturated rings. The van der Waals surface area contributed by atoms with Crippen molar-refractivity contribution in [2.24, 2.45) is 13.0 Å². The molecule has 29 heavy (non-hydrogen) atoms. The average molecular weight is 388 g/mol. The first kappa shape index (κ1) is 19.1. The molecule has 1 saturated heterocycles. The Morgan fingerprint density at radius 3 is 2.97 bits per heavy atom. The van der Waals surface area contributed by atoms with E-state index in [1.165, 1.54) is 5.56 Å². The van der Waals surface area contributed by atoms with E-state index in [2.05, 4.69) is 39.4 Å². The highest BCUT2D eigenvalue weighted by molar-refractivity contribution is 5.92. The number of benzene rings is 1. The molecule has 7 heteroatoms. The van der Waals surface area contributed by atoms with Gasteiger partial charge in [0, 0.05) is 37.9 Å². The van der Waals surface area contributed by atoms with Gasteiger partial charge in [-0.15, -0.1) is 0 Å². The zero-order valence-electron chi connectivity index (χ0n) is 16.7. The van der Waals surface area contributed by atoms with Gasteiger partial charge in [-0.1, -0.05) is 19.1 Å². The number of carbonyl (C=O) groups excluding carboxylic acids is 1. The molecule has 2 aromatic heterocycles. The number of hydrogen-bond acceptors (Lipinski definition) is 5. The molecule has 0 saturated carbocycles. The van der Waals surface area contributed by atoms with Crippen LogP contribution >= 0.6 is 0 Å². The van der Waals surface area contributed by atoms with Crippen molar-refractivity contribution in [3.8, 4) is 6.07 Å². The van der Waals surface area contributed by atoms with Crippen molar-refractivity contribution in [2.45, 2.75) is 19.3 Å². The number of hydrogen-bond donors (Lipinski definition) is 1. The van der Waals surface area contributed by atoms with Gasteiger partial charge in [-0.25, -0.2) is 0 Å². The van der Waals surface area contributed by atoms with Crippen molar-refractivity contribution >= 4 is 22.5 Å². The zero-order valence-corrected chi connectivity index (χ0v) is 16.7. The maximum Gasteiger partial charge on any atom is 0.238 e. The van der Waals surface area contributed by atoms with Gasteiger partial charge in [0.05, 0.1) is 29.5 Å². The molecule has 0 bridgehead atoms. The van der Waals surface area contributed by atoms with Crippen LogP contribution in [0.5, 0.6) is 0 Å². The Kier molecular flexibility index (Phi) is 5.28.